The van der Waals surface area contributed by atoms with Gasteiger partial charge in [0.1, 0.15) is 0 Å². The van der Waals surface area contributed by atoms with Gasteiger partial charge in [0, 0.05) is 25.3 Å². The first-order valence-electron chi connectivity index (χ1n) is 9.70. The van der Waals surface area contributed by atoms with Gasteiger partial charge < -0.3 is 21.3 Å². The van der Waals surface area contributed by atoms with Crippen LogP contribution >= 0.6 is 0 Å². The summed E-state index contributed by atoms with van der Waals surface area (Å²) in [7, 11) is 1.63. The number of nitrogens with one attached hydrogen (secondary N) is 1. The third-order valence-corrected chi connectivity index (χ3v) is 7.31. The molecule has 0 spiro atoms. The third kappa shape index (κ3) is 3.25. The van der Waals surface area contributed by atoms with E-state index >= 15 is 0 Å². The fraction of sp³-hybridized carbons (Fsp3) is 0.762. The van der Waals surface area contributed by atoms with Crippen molar-refractivity contribution >= 4 is 5.96 Å². The van der Waals surface area contributed by atoms with Gasteiger partial charge in [-0.15, -0.1) is 5.92 Å². The van der Waals surface area contributed by atoms with Crippen molar-refractivity contribution in [2.45, 2.75) is 76.0 Å². The molecule has 0 saturated heterocycles. The molecule has 5 heteroatoms. The van der Waals surface area contributed by atoms with Gasteiger partial charge in [-0.05, 0) is 57.8 Å². The Morgan fingerprint density at radius 2 is 1.96 bits per heavy atom. The van der Waals surface area contributed by atoms with Gasteiger partial charge in [0.05, 0.1) is 17.2 Å². The predicted molar refractivity (Wildman–Crippen MR) is 104 cm³/mol. The van der Waals surface area contributed by atoms with Gasteiger partial charge in [-0.3, -0.25) is 4.99 Å². The Morgan fingerprint density at radius 1 is 1.23 bits per heavy atom. The van der Waals surface area contributed by atoms with Gasteiger partial charge in [-0.1, -0.05) is 18.1 Å². The standard InChI is InChI=1S/C21H33N3O2/c1-14(2)20-8-5-6-15(24-18(22)23-4)12-21(26)9-7-16(17(21)13-20)19(3,25)10-11-20/h15-17,25-26H,1,7-13H2,2-4H3,(H3,22,23,24). The fourth-order valence-electron chi connectivity index (χ4n) is 5.47. The van der Waals surface area contributed by atoms with E-state index in [1.807, 2.05) is 6.92 Å². The minimum Gasteiger partial charge on any atom is -0.390 e. The minimum atomic E-state index is -0.857. The number of aliphatic hydroxyl groups is 2. The monoisotopic (exact) mass is 359 g/mol. The Bertz CT molecular complexity index is 674. The molecule has 2 bridgehead atoms. The molecule has 0 aliphatic heterocycles. The highest BCUT2D eigenvalue weighted by molar-refractivity contribution is 5.78. The summed E-state index contributed by atoms with van der Waals surface area (Å²) in [6.45, 7) is 8.28. The second kappa shape index (κ2) is 6.58. The molecule has 0 amide bonds. The molecule has 3 rings (SSSR count). The molecule has 0 heterocycles. The van der Waals surface area contributed by atoms with Crippen molar-refractivity contribution in [3.63, 3.8) is 0 Å². The zero-order chi connectivity index (χ0) is 19.2. The lowest BCUT2D eigenvalue weighted by Crippen LogP contribution is -2.48. The van der Waals surface area contributed by atoms with Crippen LogP contribution in [0.1, 0.15) is 58.8 Å². The highest BCUT2D eigenvalue weighted by Crippen LogP contribution is 2.58. The molecule has 2 saturated carbocycles. The van der Waals surface area contributed by atoms with Crippen LogP contribution < -0.4 is 11.1 Å². The zero-order valence-electron chi connectivity index (χ0n) is 16.3. The largest absolute Gasteiger partial charge is 0.390 e. The van der Waals surface area contributed by atoms with E-state index in [1.165, 1.54) is 0 Å². The van der Waals surface area contributed by atoms with Crippen molar-refractivity contribution < 1.29 is 10.2 Å². The molecule has 2 fully saturated rings. The van der Waals surface area contributed by atoms with Crippen molar-refractivity contribution in [3.8, 4) is 11.8 Å². The topological polar surface area (TPSA) is 90.9 Å². The maximum Gasteiger partial charge on any atom is 0.189 e. The number of guanidine groups is 1. The van der Waals surface area contributed by atoms with Gasteiger partial charge in [0.15, 0.2) is 5.96 Å². The third-order valence-electron chi connectivity index (χ3n) is 7.31. The van der Waals surface area contributed by atoms with E-state index in [-0.39, 0.29) is 23.3 Å². The molecule has 6 atom stereocenters. The lowest BCUT2D eigenvalue weighted by Gasteiger charge is -2.40. The zero-order valence-corrected chi connectivity index (χ0v) is 16.3. The Kier molecular flexibility index (Phi) is 4.87. The van der Waals surface area contributed by atoms with E-state index in [4.69, 9.17) is 5.73 Å². The average Bonchev–Trinajstić information content (AvgIpc) is 2.84. The molecule has 0 aromatic carbocycles. The van der Waals surface area contributed by atoms with E-state index < -0.39 is 11.2 Å². The molecule has 0 radical (unpaired) electrons. The lowest BCUT2D eigenvalue weighted by molar-refractivity contribution is -0.0676. The first-order chi connectivity index (χ1) is 12.1. The van der Waals surface area contributed by atoms with Crippen molar-refractivity contribution in [3.05, 3.63) is 12.2 Å². The number of aliphatic imine (C=N–C) groups is 1. The molecule has 5 nitrogen and oxygen atoms in total. The number of hydrogen-bond acceptors (Lipinski definition) is 3. The van der Waals surface area contributed by atoms with Gasteiger partial charge in [-0.2, -0.15) is 0 Å². The molecule has 144 valence electrons. The Balaban J connectivity index is 2.05. The van der Waals surface area contributed by atoms with Crippen LogP contribution in [-0.4, -0.2) is 40.5 Å². The molecule has 3 aliphatic carbocycles. The molecule has 26 heavy (non-hydrogen) atoms. The highest BCUT2D eigenvalue weighted by atomic mass is 16.3. The van der Waals surface area contributed by atoms with Crippen LogP contribution in [0.3, 0.4) is 0 Å². The Labute approximate surface area is 157 Å². The van der Waals surface area contributed by atoms with Crippen LogP contribution in [0.4, 0.5) is 0 Å². The number of fused-ring (bicyclic) bond motifs is 1. The van der Waals surface area contributed by atoms with Crippen molar-refractivity contribution in [2.24, 2.45) is 28.0 Å². The quantitative estimate of drug-likeness (QED) is 0.262. The van der Waals surface area contributed by atoms with Crippen molar-refractivity contribution in [2.75, 3.05) is 7.05 Å². The Hall–Kier alpha value is -1.51. The second-order valence-corrected chi connectivity index (χ2v) is 8.98. The SMILES string of the molecule is C=C(C)C12CC#CC(NC(N)=NC)CC3(O)CCC(C3C1)C(C)(O)CC2. The highest BCUT2D eigenvalue weighted by Gasteiger charge is 2.58. The van der Waals surface area contributed by atoms with E-state index in [2.05, 4.69) is 35.7 Å². The molecule has 0 aromatic heterocycles. The maximum absolute atomic E-state index is 11.6. The van der Waals surface area contributed by atoms with E-state index in [9.17, 15) is 10.2 Å². The molecular formula is C21H33N3O2. The molecule has 3 aliphatic rings. The first-order valence-corrected chi connectivity index (χ1v) is 9.70. The fourth-order valence-corrected chi connectivity index (χ4v) is 5.47. The summed E-state index contributed by atoms with van der Waals surface area (Å²) in [5, 5.41) is 26.0. The summed E-state index contributed by atoms with van der Waals surface area (Å²) < 4.78 is 0. The second-order valence-electron chi connectivity index (χ2n) is 8.98. The van der Waals surface area contributed by atoms with Crippen LogP contribution in [-0.2, 0) is 0 Å². The molecular weight excluding hydrogens is 326 g/mol. The Morgan fingerprint density at radius 3 is 2.62 bits per heavy atom. The van der Waals surface area contributed by atoms with Crippen LogP contribution in [0.25, 0.3) is 0 Å². The number of rotatable bonds is 2. The van der Waals surface area contributed by atoms with Crippen molar-refractivity contribution in [1.29, 1.82) is 0 Å². The van der Waals surface area contributed by atoms with Gasteiger partial charge in [0.2, 0.25) is 0 Å². The molecule has 0 aromatic rings. The number of allylic oxidation sites excluding steroid dienone is 1. The van der Waals surface area contributed by atoms with Crippen LogP contribution in [0, 0.1) is 29.1 Å². The molecule has 5 N–H and O–H groups in total. The number of nitrogens with zero attached hydrogens (tertiary/aromatic N) is 1. The van der Waals surface area contributed by atoms with Gasteiger partial charge in [-0.25, -0.2) is 0 Å². The number of hydrogen-bond donors (Lipinski definition) is 4. The predicted octanol–water partition coefficient (Wildman–Crippen LogP) is 1.94. The summed E-state index contributed by atoms with van der Waals surface area (Å²) in [6, 6.07) is -0.241. The first kappa shape index (κ1) is 19.3. The van der Waals surface area contributed by atoms with Crippen LogP contribution in [0.2, 0.25) is 0 Å². The summed E-state index contributed by atoms with van der Waals surface area (Å²) in [6.07, 6.45) is 5.18. The summed E-state index contributed by atoms with van der Waals surface area (Å²) in [4.78, 5) is 3.97. The van der Waals surface area contributed by atoms with Crippen LogP contribution in [0.15, 0.2) is 17.1 Å². The van der Waals surface area contributed by atoms with Crippen LogP contribution in [0.5, 0.6) is 0 Å². The summed E-state index contributed by atoms with van der Waals surface area (Å²) in [5.74, 6) is 7.09. The lowest BCUT2D eigenvalue weighted by atomic mass is 9.67. The normalized spacial score (nSPS) is 45.4. The number of nitrogens with two attached hydrogens (primary N) is 1. The van der Waals surface area contributed by atoms with Gasteiger partial charge in [0.25, 0.3) is 0 Å². The maximum atomic E-state index is 11.6. The van der Waals surface area contributed by atoms with E-state index in [0.29, 0.717) is 25.2 Å². The minimum absolute atomic E-state index is 0.0301. The molecule has 6 unspecified atom stereocenters. The van der Waals surface area contributed by atoms with E-state index in [0.717, 1.165) is 31.3 Å². The smallest absolute Gasteiger partial charge is 0.189 e. The van der Waals surface area contributed by atoms with Crippen molar-refractivity contribution in [1.82, 2.24) is 5.32 Å². The average molecular weight is 360 g/mol. The summed E-state index contributed by atoms with van der Waals surface area (Å²) in [5.41, 5.74) is 5.21. The van der Waals surface area contributed by atoms with E-state index in [1.54, 1.807) is 7.05 Å². The summed E-state index contributed by atoms with van der Waals surface area (Å²) >= 11 is 0. The van der Waals surface area contributed by atoms with Gasteiger partial charge >= 0.3 is 0 Å².